The number of benzene rings is 1. The summed E-state index contributed by atoms with van der Waals surface area (Å²) in [6.45, 7) is 0.314. The van der Waals surface area contributed by atoms with Crippen LogP contribution in [0.15, 0.2) is 23.1 Å². The summed E-state index contributed by atoms with van der Waals surface area (Å²) in [4.78, 5) is 9.69. The van der Waals surface area contributed by atoms with Crippen molar-refractivity contribution in [2.24, 2.45) is 5.92 Å². The van der Waals surface area contributed by atoms with Crippen molar-refractivity contribution in [1.29, 1.82) is 0 Å². The molecule has 0 radical (unpaired) electrons. The minimum absolute atomic E-state index is 0.174. The number of hydrogen-bond donors (Lipinski definition) is 2. The Hall–Kier alpha value is -1.67. The van der Waals surface area contributed by atoms with E-state index in [1.165, 1.54) is 6.07 Å². The monoisotopic (exact) mass is 271 g/mol. The van der Waals surface area contributed by atoms with Crippen LogP contribution < -0.4 is 10.5 Å². The molecule has 0 aromatic heterocycles. The fourth-order valence-electron chi connectivity index (χ4n) is 1.52. The molecule has 1 saturated carbocycles. The third kappa shape index (κ3) is 2.77. The number of sulfonamides is 1. The molecule has 1 aliphatic carbocycles. The molecule has 0 amide bonds. The molecule has 1 aromatic carbocycles. The molecule has 2 rings (SSSR count). The van der Waals surface area contributed by atoms with Gasteiger partial charge in [0.2, 0.25) is 10.0 Å². The Morgan fingerprint density at radius 2 is 2.11 bits per heavy atom. The van der Waals surface area contributed by atoms with Gasteiger partial charge in [0.1, 0.15) is 0 Å². The van der Waals surface area contributed by atoms with Crippen LogP contribution in [-0.4, -0.2) is 19.9 Å². The second-order valence-electron chi connectivity index (χ2n) is 4.28. The van der Waals surface area contributed by atoms with Gasteiger partial charge >= 0.3 is 0 Å². The molecule has 8 heteroatoms. The Morgan fingerprint density at radius 3 is 2.67 bits per heavy atom. The Morgan fingerprint density at radius 1 is 1.44 bits per heavy atom. The number of nitro groups is 1. The Balaban J connectivity index is 2.34. The maximum Gasteiger partial charge on any atom is 0.289 e. The van der Waals surface area contributed by atoms with Crippen LogP contribution in [0, 0.1) is 16.0 Å². The summed E-state index contributed by atoms with van der Waals surface area (Å²) in [5.74, 6) is 0.347. The van der Waals surface area contributed by atoms with Gasteiger partial charge in [0.15, 0.2) is 4.90 Å². The van der Waals surface area contributed by atoms with E-state index >= 15 is 0 Å². The van der Waals surface area contributed by atoms with Gasteiger partial charge in [0.05, 0.1) is 4.92 Å². The Kier molecular flexibility index (Phi) is 3.22. The molecular weight excluding hydrogens is 258 g/mol. The summed E-state index contributed by atoms with van der Waals surface area (Å²) in [5, 5.41) is 10.8. The molecule has 0 saturated heterocycles. The SMILES string of the molecule is Nc1ccc([N+](=O)[O-])c(S(=O)(=O)NCC2CC2)c1. The van der Waals surface area contributed by atoms with Crippen LogP contribution in [0.25, 0.3) is 0 Å². The van der Waals surface area contributed by atoms with Crippen molar-refractivity contribution in [3.05, 3.63) is 28.3 Å². The van der Waals surface area contributed by atoms with E-state index < -0.39 is 20.6 Å². The summed E-state index contributed by atoms with van der Waals surface area (Å²) in [5.41, 5.74) is 5.19. The summed E-state index contributed by atoms with van der Waals surface area (Å²) in [6.07, 6.45) is 1.98. The average molecular weight is 271 g/mol. The van der Waals surface area contributed by atoms with Crippen molar-refractivity contribution >= 4 is 21.4 Å². The van der Waals surface area contributed by atoms with E-state index in [0.29, 0.717) is 12.5 Å². The third-order valence-corrected chi connectivity index (χ3v) is 4.18. The van der Waals surface area contributed by atoms with E-state index in [0.717, 1.165) is 25.0 Å². The first-order valence-corrected chi connectivity index (χ1v) is 6.92. The van der Waals surface area contributed by atoms with Gasteiger partial charge in [0.25, 0.3) is 5.69 Å². The smallest absolute Gasteiger partial charge is 0.289 e. The molecule has 3 N–H and O–H groups in total. The lowest BCUT2D eigenvalue weighted by molar-refractivity contribution is -0.387. The molecule has 0 unspecified atom stereocenters. The van der Waals surface area contributed by atoms with Crippen molar-refractivity contribution in [3.63, 3.8) is 0 Å². The number of nitrogen functional groups attached to an aromatic ring is 1. The average Bonchev–Trinajstić information content (AvgIpc) is 3.09. The molecule has 18 heavy (non-hydrogen) atoms. The highest BCUT2D eigenvalue weighted by atomic mass is 32.2. The highest BCUT2D eigenvalue weighted by Gasteiger charge is 2.29. The van der Waals surface area contributed by atoms with Crippen molar-refractivity contribution in [1.82, 2.24) is 4.72 Å². The van der Waals surface area contributed by atoms with Crippen molar-refractivity contribution in [2.75, 3.05) is 12.3 Å². The summed E-state index contributed by atoms with van der Waals surface area (Å²) in [6, 6.07) is 3.51. The third-order valence-electron chi connectivity index (χ3n) is 2.73. The van der Waals surface area contributed by atoms with Crippen molar-refractivity contribution < 1.29 is 13.3 Å². The van der Waals surface area contributed by atoms with E-state index in [9.17, 15) is 18.5 Å². The van der Waals surface area contributed by atoms with Gasteiger partial charge in [0, 0.05) is 18.3 Å². The predicted octanol–water partition coefficient (Wildman–Crippen LogP) is 0.865. The molecule has 0 bridgehead atoms. The number of nitrogens with two attached hydrogens (primary N) is 1. The quantitative estimate of drug-likeness (QED) is 0.468. The maximum absolute atomic E-state index is 12.0. The molecule has 98 valence electrons. The number of hydrogen-bond acceptors (Lipinski definition) is 5. The van der Waals surface area contributed by atoms with E-state index in [1.807, 2.05) is 0 Å². The van der Waals surface area contributed by atoms with E-state index in [-0.39, 0.29) is 10.6 Å². The first-order valence-electron chi connectivity index (χ1n) is 5.44. The maximum atomic E-state index is 12.0. The predicted molar refractivity (Wildman–Crippen MR) is 65.4 cm³/mol. The van der Waals surface area contributed by atoms with Gasteiger partial charge in [-0.05, 0) is 30.9 Å². The Bertz CT molecular complexity index is 581. The second-order valence-corrected chi connectivity index (χ2v) is 6.01. The minimum Gasteiger partial charge on any atom is -0.399 e. The highest BCUT2D eigenvalue weighted by Crippen LogP contribution is 2.29. The lowest BCUT2D eigenvalue weighted by Crippen LogP contribution is -2.26. The molecule has 0 aliphatic heterocycles. The lowest BCUT2D eigenvalue weighted by Gasteiger charge is -2.07. The normalized spacial score (nSPS) is 15.6. The standard InChI is InChI=1S/C10H13N3O4S/c11-8-3-4-9(13(14)15)10(5-8)18(16,17)12-6-7-1-2-7/h3-5,7,12H,1-2,6,11H2. The van der Waals surface area contributed by atoms with Gasteiger partial charge < -0.3 is 5.73 Å². The topological polar surface area (TPSA) is 115 Å². The molecule has 0 spiro atoms. The number of nitrogens with zero attached hydrogens (tertiary/aromatic N) is 1. The fraction of sp³-hybridized carbons (Fsp3) is 0.400. The van der Waals surface area contributed by atoms with E-state index in [1.54, 1.807) is 0 Å². The van der Waals surface area contributed by atoms with Crippen LogP contribution >= 0.6 is 0 Å². The van der Waals surface area contributed by atoms with Crippen LogP contribution in [0.4, 0.5) is 11.4 Å². The zero-order valence-electron chi connectivity index (χ0n) is 9.50. The first kappa shape index (κ1) is 12.8. The number of rotatable bonds is 5. The molecule has 1 fully saturated rings. The summed E-state index contributed by atoms with van der Waals surface area (Å²) >= 11 is 0. The molecule has 0 heterocycles. The van der Waals surface area contributed by atoms with Crippen molar-refractivity contribution in [3.8, 4) is 0 Å². The highest BCUT2D eigenvalue weighted by molar-refractivity contribution is 7.89. The minimum atomic E-state index is -3.89. The number of anilines is 1. The zero-order chi connectivity index (χ0) is 13.3. The zero-order valence-corrected chi connectivity index (χ0v) is 10.3. The molecule has 1 aromatic rings. The molecule has 7 nitrogen and oxygen atoms in total. The van der Waals surface area contributed by atoms with Crippen LogP contribution in [0.3, 0.4) is 0 Å². The van der Waals surface area contributed by atoms with Crippen LogP contribution in [0.5, 0.6) is 0 Å². The molecular formula is C10H13N3O4S. The Labute approximate surface area is 104 Å². The van der Waals surface area contributed by atoms with Crippen LogP contribution in [0.2, 0.25) is 0 Å². The summed E-state index contributed by atoms with van der Waals surface area (Å²) < 4.78 is 26.3. The van der Waals surface area contributed by atoms with Crippen molar-refractivity contribution in [2.45, 2.75) is 17.7 Å². The number of nitro benzene ring substituents is 1. The van der Waals surface area contributed by atoms with Gasteiger partial charge in [-0.15, -0.1) is 0 Å². The van der Waals surface area contributed by atoms with Gasteiger partial charge in [-0.1, -0.05) is 0 Å². The van der Waals surface area contributed by atoms with Crippen LogP contribution in [0.1, 0.15) is 12.8 Å². The lowest BCUT2D eigenvalue weighted by atomic mass is 10.3. The molecule has 0 atom stereocenters. The second kappa shape index (κ2) is 4.54. The van der Waals surface area contributed by atoms with Gasteiger partial charge in [-0.3, -0.25) is 10.1 Å². The van der Waals surface area contributed by atoms with Crippen LogP contribution in [-0.2, 0) is 10.0 Å². The molecule has 1 aliphatic rings. The van der Waals surface area contributed by atoms with E-state index in [2.05, 4.69) is 4.72 Å². The van der Waals surface area contributed by atoms with Gasteiger partial charge in [-0.2, -0.15) is 0 Å². The summed E-state index contributed by atoms with van der Waals surface area (Å²) in [7, 11) is -3.89. The van der Waals surface area contributed by atoms with E-state index in [4.69, 9.17) is 5.73 Å². The first-order chi connectivity index (χ1) is 8.40. The van der Waals surface area contributed by atoms with Gasteiger partial charge in [-0.25, -0.2) is 13.1 Å². The fourth-order valence-corrected chi connectivity index (χ4v) is 2.84. The largest absolute Gasteiger partial charge is 0.399 e. The number of nitrogens with one attached hydrogen (secondary N) is 1.